The monoisotopic (exact) mass is 278 g/mol. The number of carbonyl (C=O) groups is 2. The molecule has 1 unspecified atom stereocenters. The summed E-state index contributed by atoms with van der Waals surface area (Å²) in [6, 6.07) is -1.59. The van der Waals surface area contributed by atoms with Crippen LogP contribution in [-0.4, -0.2) is 43.1 Å². The van der Waals surface area contributed by atoms with Crippen molar-refractivity contribution in [2.45, 2.75) is 19.0 Å². The van der Waals surface area contributed by atoms with E-state index < -0.39 is 18.0 Å². The Morgan fingerprint density at radius 1 is 1.20 bits per heavy atom. The lowest BCUT2D eigenvalue weighted by molar-refractivity contribution is -0.139. The van der Waals surface area contributed by atoms with Gasteiger partial charge in [0.15, 0.2) is 0 Å². The second-order valence-corrected chi connectivity index (χ2v) is 4.08. The van der Waals surface area contributed by atoms with E-state index in [0.29, 0.717) is 5.69 Å². The van der Waals surface area contributed by atoms with Crippen molar-refractivity contribution in [3.8, 4) is 0 Å². The number of amides is 2. The van der Waals surface area contributed by atoms with E-state index in [4.69, 9.17) is 5.11 Å². The van der Waals surface area contributed by atoms with E-state index in [1.54, 1.807) is 6.20 Å². The van der Waals surface area contributed by atoms with Gasteiger partial charge in [-0.2, -0.15) is 0 Å². The van der Waals surface area contributed by atoms with Crippen LogP contribution in [0.2, 0.25) is 0 Å². The van der Waals surface area contributed by atoms with Gasteiger partial charge in [0.2, 0.25) is 0 Å². The molecule has 9 nitrogen and oxygen atoms in total. The van der Waals surface area contributed by atoms with E-state index in [9.17, 15) is 9.59 Å². The number of carboxylic acid groups (broad SMARTS) is 1. The van der Waals surface area contributed by atoms with Gasteiger partial charge < -0.3 is 25.7 Å². The van der Waals surface area contributed by atoms with E-state index in [1.165, 1.54) is 18.9 Å². The van der Waals surface area contributed by atoms with E-state index in [-0.39, 0.29) is 13.0 Å². The molecule has 0 aliphatic heterocycles. The third-order valence-electron chi connectivity index (χ3n) is 2.58. The van der Waals surface area contributed by atoms with Crippen molar-refractivity contribution < 1.29 is 14.7 Å². The minimum atomic E-state index is -1.11. The average Bonchev–Trinajstić information content (AvgIpc) is 3.08. The predicted octanol–water partition coefficient (Wildman–Crippen LogP) is -0.372. The minimum absolute atomic E-state index is 0.132. The zero-order valence-electron chi connectivity index (χ0n) is 10.5. The summed E-state index contributed by atoms with van der Waals surface area (Å²) in [6.45, 7) is 0.238. The number of urea groups is 1. The molecule has 1 atom stereocenters. The van der Waals surface area contributed by atoms with E-state index >= 15 is 0 Å². The molecule has 0 fully saturated rings. The summed E-state index contributed by atoms with van der Waals surface area (Å²) in [7, 11) is 0. The number of H-pyrrole nitrogens is 2. The number of hydrogen-bond donors (Lipinski definition) is 5. The highest BCUT2D eigenvalue weighted by molar-refractivity contribution is 5.82. The molecule has 2 rings (SSSR count). The highest BCUT2D eigenvalue weighted by atomic mass is 16.4. The van der Waals surface area contributed by atoms with Crippen LogP contribution in [-0.2, 0) is 17.8 Å². The number of rotatable bonds is 6. The molecule has 2 aromatic heterocycles. The van der Waals surface area contributed by atoms with Gasteiger partial charge in [-0.25, -0.2) is 19.6 Å². The number of hydrogen-bond acceptors (Lipinski definition) is 4. The van der Waals surface area contributed by atoms with Gasteiger partial charge in [-0.05, 0) is 0 Å². The first kappa shape index (κ1) is 13.6. The standard InChI is InChI=1S/C11H14N6O3/c18-10(19)9(1-7-2-12-5-15-7)17-11(20)14-4-8-3-13-6-16-8/h2-3,5-6,9H,1,4H2,(H,12,15)(H,13,16)(H,18,19)(H2,14,17,20). The fraction of sp³-hybridized carbons (Fsp3) is 0.273. The molecule has 9 heteroatoms. The molecular weight excluding hydrogens is 264 g/mol. The molecule has 20 heavy (non-hydrogen) atoms. The molecule has 0 saturated heterocycles. The number of aromatic nitrogens is 4. The summed E-state index contributed by atoms with van der Waals surface area (Å²) >= 11 is 0. The Bertz CT molecular complexity index is 551. The van der Waals surface area contributed by atoms with Gasteiger partial charge in [0, 0.05) is 24.5 Å². The average molecular weight is 278 g/mol. The number of nitrogens with one attached hydrogen (secondary N) is 4. The summed E-state index contributed by atoms with van der Waals surface area (Å²) in [5.74, 6) is -1.11. The van der Waals surface area contributed by atoms with Crippen LogP contribution in [0, 0.1) is 0 Å². The molecule has 0 spiro atoms. The molecule has 2 amide bonds. The number of aliphatic carboxylic acids is 1. The summed E-state index contributed by atoms with van der Waals surface area (Å²) in [4.78, 5) is 36.0. The van der Waals surface area contributed by atoms with Gasteiger partial charge in [-0.15, -0.1) is 0 Å². The predicted molar refractivity (Wildman–Crippen MR) is 67.7 cm³/mol. The van der Waals surface area contributed by atoms with E-state index in [0.717, 1.165) is 5.69 Å². The number of nitrogens with zero attached hydrogens (tertiary/aromatic N) is 2. The Morgan fingerprint density at radius 2 is 1.85 bits per heavy atom. The van der Waals surface area contributed by atoms with Gasteiger partial charge in [0.1, 0.15) is 6.04 Å². The van der Waals surface area contributed by atoms with Crippen molar-refractivity contribution in [3.63, 3.8) is 0 Å². The van der Waals surface area contributed by atoms with Gasteiger partial charge in [-0.1, -0.05) is 0 Å². The maximum atomic E-state index is 11.6. The van der Waals surface area contributed by atoms with Crippen LogP contribution in [0.5, 0.6) is 0 Å². The van der Waals surface area contributed by atoms with Crippen LogP contribution < -0.4 is 10.6 Å². The Labute approximate surface area is 113 Å². The lowest BCUT2D eigenvalue weighted by atomic mass is 10.2. The van der Waals surface area contributed by atoms with Crippen LogP contribution in [0.1, 0.15) is 11.4 Å². The minimum Gasteiger partial charge on any atom is -0.480 e. The van der Waals surface area contributed by atoms with Crippen molar-refractivity contribution in [2.75, 3.05) is 0 Å². The summed E-state index contributed by atoms with van der Waals surface area (Å²) in [5.41, 5.74) is 1.35. The number of carbonyl (C=O) groups excluding carboxylic acids is 1. The molecule has 0 aliphatic carbocycles. The molecule has 0 radical (unpaired) electrons. The maximum absolute atomic E-state index is 11.6. The molecular formula is C11H14N6O3. The van der Waals surface area contributed by atoms with Crippen LogP contribution in [0.25, 0.3) is 0 Å². The van der Waals surface area contributed by atoms with Crippen molar-refractivity contribution in [2.24, 2.45) is 0 Å². The Hall–Kier alpha value is -2.84. The van der Waals surface area contributed by atoms with Gasteiger partial charge in [-0.3, -0.25) is 0 Å². The zero-order valence-corrected chi connectivity index (χ0v) is 10.5. The second kappa shape index (κ2) is 6.36. The summed E-state index contributed by atoms with van der Waals surface area (Å²) in [5, 5.41) is 14.0. The molecule has 2 heterocycles. The lowest BCUT2D eigenvalue weighted by Gasteiger charge is -2.14. The molecule has 106 valence electrons. The highest BCUT2D eigenvalue weighted by Gasteiger charge is 2.20. The van der Waals surface area contributed by atoms with E-state index in [1.807, 2.05) is 0 Å². The molecule has 5 N–H and O–H groups in total. The second-order valence-electron chi connectivity index (χ2n) is 4.08. The Balaban J connectivity index is 1.84. The number of aromatic amines is 2. The molecule has 0 saturated carbocycles. The summed E-state index contributed by atoms with van der Waals surface area (Å²) < 4.78 is 0. The van der Waals surface area contributed by atoms with Crippen LogP contribution in [0.15, 0.2) is 25.0 Å². The lowest BCUT2D eigenvalue weighted by Crippen LogP contribution is -2.47. The normalized spacial score (nSPS) is 11.8. The first-order valence-corrected chi connectivity index (χ1v) is 5.87. The summed E-state index contributed by atoms with van der Waals surface area (Å²) in [6.07, 6.45) is 6.16. The molecule has 0 bridgehead atoms. The highest BCUT2D eigenvalue weighted by Crippen LogP contribution is 1.99. The third-order valence-corrected chi connectivity index (χ3v) is 2.58. The van der Waals surface area contributed by atoms with Crippen molar-refractivity contribution >= 4 is 12.0 Å². The smallest absolute Gasteiger partial charge is 0.326 e. The van der Waals surface area contributed by atoms with Gasteiger partial charge in [0.05, 0.1) is 24.9 Å². The fourth-order valence-electron chi connectivity index (χ4n) is 1.58. The van der Waals surface area contributed by atoms with Crippen LogP contribution in [0.4, 0.5) is 4.79 Å². The first-order valence-electron chi connectivity index (χ1n) is 5.87. The first-order chi connectivity index (χ1) is 9.65. The fourth-order valence-corrected chi connectivity index (χ4v) is 1.58. The van der Waals surface area contributed by atoms with Gasteiger partial charge in [0.25, 0.3) is 0 Å². The maximum Gasteiger partial charge on any atom is 0.326 e. The zero-order chi connectivity index (χ0) is 14.4. The van der Waals surface area contributed by atoms with Crippen LogP contribution >= 0.6 is 0 Å². The van der Waals surface area contributed by atoms with Crippen molar-refractivity contribution in [1.29, 1.82) is 0 Å². The Morgan fingerprint density at radius 3 is 2.40 bits per heavy atom. The SMILES string of the molecule is O=C(NCc1cnc[nH]1)NC(Cc1cnc[nH]1)C(=O)O. The van der Waals surface area contributed by atoms with E-state index in [2.05, 4.69) is 30.6 Å². The molecule has 0 aliphatic rings. The van der Waals surface area contributed by atoms with Crippen molar-refractivity contribution in [3.05, 3.63) is 36.4 Å². The third kappa shape index (κ3) is 3.83. The molecule has 0 aromatic carbocycles. The number of imidazole rings is 2. The molecule has 2 aromatic rings. The largest absolute Gasteiger partial charge is 0.480 e. The Kier molecular flexibility index (Phi) is 4.32. The van der Waals surface area contributed by atoms with Crippen molar-refractivity contribution in [1.82, 2.24) is 30.6 Å². The quantitative estimate of drug-likeness (QED) is 0.491. The van der Waals surface area contributed by atoms with Gasteiger partial charge >= 0.3 is 12.0 Å². The topological polar surface area (TPSA) is 136 Å². The van der Waals surface area contributed by atoms with Crippen LogP contribution in [0.3, 0.4) is 0 Å². The number of carboxylic acids is 1.